The zero-order chi connectivity index (χ0) is 14.2. The predicted molar refractivity (Wildman–Crippen MR) is 63.7 cm³/mol. The Morgan fingerprint density at radius 1 is 1.26 bits per heavy atom. The standard InChI is InChI=1S/C12H10N2O5/c1-6(15)13-8-4-2-3-7-10(8)12(19)14(11(7)18)5-9(16)17/h2-4H,5H2,1H3,(H,13,15)(H,16,17). The van der Waals surface area contributed by atoms with Crippen LogP contribution >= 0.6 is 0 Å². The Morgan fingerprint density at radius 2 is 1.95 bits per heavy atom. The van der Waals surface area contributed by atoms with Crippen molar-refractivity contribution in [3.05, 3.63) is 29.3 Å². The molecule has 2 rings (SSSR count). The van der Waals surface area contributed by atoms with Gasteiger partial charge in [-0.1, -0.05) is 6.07 Å². The third kappa shape index (κ3) is 2.17. The van der Waals surface area contributed by atoms with E-state index in [0.29, 0.717) is 4.90 Å². The minimum atomic E-state index is -1.28. The zero-order valence-electron chi connectivity index (χ0n) is 9.97. The minimum Gasteiger partial charge on any atom is -0.480 e. The summed E-state index contributed by atoms with van der Waals surface area (Å²) in [6.45, 7) is 0.571. The summed E-state index contributed by atoms with van der Waals surface area (Å²) in [6.07, 6.45) is 0. The van der Waals surface area contributed by atoms with E-state index in [1.807, 2.05) is 0 Å². The molecular weight excluding hydrogens is 252 g/mol. The average Bonchev–Trinajstić information content (AvgIpc) is 2.54. The van der Waals surface area contributed by atoms with Gasteiger partial charge in [0.15, 0.2) is 0 Å². The number of nitrogens with zero attached hydrogens (tertiary/aromatic N) is 1. The molecule has 0 bridgehead atoms. The highest BCUT2D eigenvalue weighted by Gasteiger charge is 2.38. The van der Waals surface area contributed by atoms with Gasteiger partial charge in [-0.15, -0.1) is 0 Å². The molecular formula is C12H10N2O5. The van der Waals surface area contributed by atoms with Crippen LogP contribution in [-0.2, 0) is 9.59 Å². The molecule has 0 saturated carbocycles. The van der Waals surface area contributed by atoms with E-state index in [2.05, 4.69) is 5.32 Å². The molecule has 0 unspecified atom stereocenters. The van der Waals surface area contributed by atoms with Crippen LogP contribution in [0.25, 0.3) is 0 Å². The summed E-state index contributed by atoms with van der Waals surface area (Å²) in [4.78, 5) is 46.3. The lowest BCUT2D eigenvalue weighted by Gasteiger charge is -2.10. The highest BCUT2D eigenvalue weighted by atomic mass is 16.4. The van der Waals surface area contributed by atoms with Crippen LogP contribution in [0.15, 0.2) is 18.2 Å². The molecule has 0 saturated heterocycles. The van der Waals surface area contributed by atoms with Gasteiger partial charge in [-0.2, -0.15) is 0 Å². The smallest absolute Gasteiger partial charge is 0.323 e. The first-order valence-electron chi connectivity index (χ1n) is 5.40. The van der Waals surface area contributed by atoms with Crippen molar-refractivity contribution < 1.29 is 24.3 Å². The fourth-order valence-electron chi connectivity index (χ4n) is 1.91. The fourth-order valence-corrected chi connectivity index (χ4v) is 1.91. The number of aliphatic carboxylic acids is 1. The van der Waals surface area contributed by atoms with Gasteiger partial charge in [0, 0.05) is 6.92 Å². The Bertz CT molecular complexity index is 608. The van der Waals surface area contributed by atoms with Crippen molar-refractivity contribution in [3.63, 3.8) is 0 Å². The molecule has 19 heavy (non-hydrogen) atoms. The molecule has 0 aliphatic carbocycles. The maximum Gasteiger partial charge on any atom is 0.323 e. The van der Waals surface area contributed by atoms with Crippen molar-refractivity contribution in [2.45, 2.75) is 6.92 Å². The predicted octanol–water partition coefficient (Wildman–Crippen LogP) is 0.326. The summed E-state index contributed by atoms with van der Waals surface area (Å²) in [5.41, 5.74) is 0.331. The number of rotatable bonds is 3. The quantitative estimate of drug-likeness (QED) is 0.764. The molecule has 1 aliphatic heterocycles. The number of imide groups is 1. The number of amides is 3. The fraction of sp³-hybridized carbons (Fsp3) is 0.167. The molecule has 0 fully saturated rings. The van der Waals surface area contributed by atoms with E-state index in [4.69, 9.17) is 5.11 Å². The number of hydrogen-bond acceptors (Lipinski definition) is 4. The van der Waals surface area contributed by atoms with Crippen molar-refractivity contribution in [2.24, 2.45) is 0 Å². The van der Waals surface area contributed by atoms with Gasteiger partial charge in [-0.3, -0.25) is 24.1 Å². The van der Waals surface area contributed by atoms with Crippen molar-refractivity contribution in [1.82, 2.24) is 4.90 Å². The van der Waals surface area contributed by atoms with Gasteiger partial charge in [-0.05, 0) is 12.1 Å². The Morgan fingerprint density at radius 3 is 2.53 bits per heavy atom. The molecule has 2 N–H and O–H groups in total. The molecule has 3 amide bonds. The summed E-state index contributed by atoms with van der Waals surface area (Å²) in [7, 11) is 0. The Labute approximate surface area is 107 Å². The number of nitrogens with one attached hydrogen (secondary N) is 1. The summed E-state index contributed by atoms with van der Waals surface area (Å²) in [5, 5.41) is 11.1. The lowest BCUT2D eigenvalue weighted by atomic mass is 10.1. The van der Waals surface area contributed by atoms with E-state index in [1.165, 1.54) is 25.1 Å². The monoisotopic (exact) mass is 262 g/mol. The first-order valence-corrected chi connectivity index (χ1v) is 5.40. The van der Waals surface area contributed by atoms with Crippen LogP contribution in [0.2, 0.25) is 0 Å². The Hall–Kier alpha value is -2.70. The van der Waals surface area contributed by atoms with E-state index in [9.17, 15) is 19.2 Å². The number of benzene rings is 1. The summed E-state index contributed by atoms with van der Waals surface area (Å²) < 4.78 is 0. The van der Waals surface area contributed by atoms with E-state index in [0.717, 1.165) is 0 Å². The van der Waals surface area contributed by atoms with Gasteiger partial charge in [0.2, 0.25) is 5.91 Å². The molecule has 0 atom stereocenters. The molecule has 1 heterocycles. The van der Waals surface area contributed by atoms with Crippen LogP contribution < -0.4 is 5.32 Å². The van der Waals surface area contributed by atoms with E-state index in [1.54, 1.807) is 0 Å². The maximum absolute atomic E-state index is 12.0. The number of carbonyl (C=O) groups excluding carboxylic acids is 3. The second-order valence-electron chi connectivity index (χ2n) is 4.00. The minimum absolute atomic E-state index is 0.0314. The van der Waals surface area contributed by atoms with E-state index >= 15 is 0 Å². The van der Waals surface area contributed by atoms with Crippen LogP contribution in [0.4, 0.5) is 5.69 Å². The number of fused-ring (bicyclic) bond motifs is 1. The SMILES string of the molecule is CC(=O)Nc1cccc2c1C(=O)N(CC(=O)O)C2=O. The topological polar surface area (TPSA) is 104 Å². The largest absolute Gasteiger partial charge is 0.480 e. The molecule has 0 spiro atoms. The highest BCUT2D eigenvalue weighted by molar-refractivity contribution is 6.25. The van der Waals surface area contributed by atoms with E-state index < -0.39 is 24.3 Å². The molecule has 98 valence electrons. The summed E-state index contributed by atoms with van der Waals surface area (Å²) >= 11 is 0. The van der Waals surface area contributed by atoms with Gasteiger partial charge >= 0.3 is 5.97 Å². The number of hydrogen-bond donors (Lipinski definition) is 2. The number of anilines is 1. The van der Waals surface area contributed by atoms with Gasteiger partial charge < -0.3 is 10.4 Å². The number of carbonyl (C=O) groups is 4. The van der Waals surface area contributed by atoms with Crippen LogP contribution in [0.1, 0.15) is 27.6 Å². The van der Waals surface area contributed by atoms with Crippen molar-refractivity contribution in [1.29, 1.82) is 0 Å². The lowest BCUT2D eigenvalue weighted by molar-refractivity contribution is -0.137. The van der Waals surface area contributed by atoms with Gasteiger partial charge in [0.25, 0.3) is 11.8 Å². The van der Waals surface area contributed by atoms with Gasteiger partial charge in [-0.25, -0.2) is 0 Å². The summed E-state index contributed by atoms with van der Waals surface area (Å²) in [5.74, 6) is -3.05. The van der Waals surface area contributed by atoms with Crippen LogP contribution in [0, 0.1) is 0 Å². The molecule has 1 aliphatic rings. The van der Waals surface area contributed by atoms with Gasteiger partial charge in [0.1, 0.15) is 6.54 Å². The third-order valence-corrected chi connectivity index (χ3v) is 2.60. The number of carboxylic acid groups (broad SMARTS) is 1. The van der Waals surface area contributed by atoms with Crippen molar-refractivity contribution >= 4 is 29.4 Å². The van der Waals surface area contributed by atoms with Gasteiger partial charge in [0.05, 0.1) is 16.8 Å². The summed E-state index contributed by atoms with van der Waals surface area (Å²) in [6, 6.07) is 4.41. The Balaban J connectivity index is 2.47. The van der Waals surface area contributed by atoms with Crippen LogP contribution in [-0.4, -0.2) is 40.2 Å². The molecule has 0 radical (unpaired) electrons. The van der Waals surface area contributed by atoms with Crippen molar-refractivity contribution in [3.8, 4) is 0 Å². The Kier molecular flexibility index (Phi) is 3.04. The molecule has 0 aromatic heterocycles. The zero-order valence-corrected chi connectivity index (χ0v) is 9.97. The van der Waals surface area contributed by atoms with Crippen LogP contribution in [0.3, 0.4) is 0 Å². The molecule has 1 aromatic rings. The van der Waals surface area contributed by atoms with E-state index in [-0.39, 0.29) is 22.7 Å². The molecule has 7 heteroatoms. The highest BCUT2D eigenvalue weighted by Crippen LogP contribution is 2.29. The second kappa shape index (κ2) is 4.52. The van der Waals surface area contributed by atoms with Crippen LogP contribution in [0.5, 0.6) is 0 Å². The second-order valence-corrected chi connectivity index (χ2v) is 4.00. The first-order chi connectivity index (χ1) is 8.91. The first kappa shape index (κ1) is 12.7. The van der Waals surface area contributed by atoms with Crippen molar-refractivity contribution in [2.75, 3.05) is 11.9 Å². The number of carboxylic acids is 1. The molecule has 7 nitrogen and oxygen atoms in total. The lowest BCUT2D eigenvalue weighted by Crippen LogP contribution is -2.34. The third-order valence-electron chi connectivity index (χ3n) is 2.60. The molecule has 1 aromatic carbocycles. The normalized spacial score (nSPS) is 13.4. The maximum atomic E-state index is 12.0. The average molecular weight is 262 g/mol.